The molecule has 0 radical (unpaired) electrons. The van der Waals surface area contributed by atoms with Gasteiger partial charge in [-0.1, -0.05) is 30.3 Å². The zero-order chi connectivity index (χ0) is 33.2. The summed E-state index contributed by atoms with van der Waals surface area (Å²) < 4.78 is 229. The lowest BCUT2D eigenvalue weighted by atomic mass is 9.88. The first-order valence-corrected chi connectivity index (χ1v) is 11.3. The number of nitrogens with zero attached hydrogens (tertiary/aromatic N) is 1. The van der Waals surface area contributed by atoms with Gasteiger partial charge in [-0.05, 0) is 25.8 Å². The molecule has 2 rings (SSSR count). The van der Waals surface area contributed by atoms with Gasteiger partial charge in [-0.15, -0.1) is 0 Å². The summed E-state index contributed by atoms with van der Waals surface area (Å²) in [5, 5.41) is 2.60. The zero-order valence-corrected chi connectivity index (χ0v) is 20.9. The van der Waals surface area contributed by atoms with Gasteiger partial charge in [0.25, 0.3) is 0 Å². The second-order valence-corrected chi connectivity index (χ2v) is 9.83. The van der Waals surface area contributed by atoms with Crippen LogP contribution in [0.25, 0.3) is 0 Å². The SMILES string of the molecule is CC1(C)N[C@@H](Cc2ccccc2)C(=O)N1CCC(F)(F)C(F)(F)C(F)(F)C(F)(F)C(F)(F)C(F)(F)C(F)(F)C(F)(F)F. The molecule has 3 nitrogen and oxygen atoms in total. The van der Waals surface area contributed by atoms with Crippen LogP contribution in [0.5, 0.6) is 0 Å². The maximum absolute atomic E-state index is 14.3. The second-order valence-electron chi connectivity index (χ2n) is 9.83. The lowest BCUT2D eigenvalue weighted by molar-refractivity contribution is -0.461. The van der Waals surface area contributed by atoms with E-state index in [0.717, 1.165) is 13.8 Å². The van der Waals surface area contributed by atoms with Crippen molar-refractivity contribution in [3.8, 4) is 0 Å². The Morgan fingerprint density at radius 2 is 1.07 bits per heavy atom. The van der Waals surface area contributed by atoms with Gasteiger partial charge in [-0.2, -0.15) is 74.6 Å². The summed E-state index contributed by atoms with van der Waals surface area (Å²) in [6.07, 6.45) is -10.6. The smallest absolute Gasteiger partial charge is 0.323 e. The van der Waals surface area contributed by atoms with Crippen molar-refractivity contribution in [1.82, 2.24) is 10.2 Å². The molecule has 0 bridgehead atoms. The molecule has 1 atom stereocenters. The van der Waals surface area contributed by atoms with Gasteiger partial charge >= 0.3 is 47.6 Å². The molecule has 42 heavy (non-hydrogen) atoms. The van der Waals surface area contributed by atoms with Crippen LogP contribution in [0.2, 0.25) is 0 Å². The van der Waals surface area contributed by atoms with E-state index < -0.39 is 78.2 Å². The molecule has 1 aliphatic rings. The quantitative estimate of drug-likeness (QED) is 0.258. The molecule has 0 saturated carbocycles. The lowest BCUT2D eigenvalue weighted by Gasteiger charge is -2.43. The predicted molar refractivity (Wildman–Crippen MR) is 108 cm³/mol. The van der Waals surface area contributed by atoms with Crippen LogP contribution in [0.15, 0.2) is 30.3 Å². The van der Waals surface area contributed by atoms with Crippen molar-refractivity contribution in [1.29, 1.82) is 0 Å². The zero-order valence-electron chi connectivity index (χ0n) is 20.9. The van der Waals surface area contributed by atoms with E-state index in [-0.39, 0.29) is 6.42 Å². The highest BCUT2D eigenvalue weighted by Crippen LogP contribution is 2.64. The van der Waals surface area contributed by atoms with Crippen molar-refractivity contribution in [2.45, 2.75) is 86.0 Å². The number of hydrogen-bond donors (Lipinski definition) is 1. The first-order valence-electron chi connectivity index (χ1n) is 11.3. The first-order chi connectivity index (χ1) is 18.4. The molecule has 0 aliphatic carbocycles. The van der Waals surface area contributed by atoms with Crippen LogP contribution in [0, 0.1) is 0 Å². The Kier molecular flexibility index (Phi) is 8.73. The van der Waals surface area contributed by atoms with Gasteiger partial charge in [-0.3, -0.25) is 10.1 Å². The van der Waals surface area contributed by atoms with E-state index in [1.807, 2.05) is 0 Å². The number of carbonyl (C=O) groups excluding carboxylic acids is 1. The molecule has 1 N–H and O–H groups in total. The van der Waals surface area contributed by atoms with E-state index >= 15 is 0 Å². The summed E-state index contributed by atoms with van der Waals surface area (Å²) in [6, 6.07) is 6.49. The number of rotatable bonds is 11. The summed E-state index contributed by atoms with van der Waals surface area (Å²) in [6.45, 7) is 0.559. The maximum Gasteiger partial charge on any atom is 0.460 e. The largest absolute Gasteiger partial charge is 0.460 e. The molecular formula is C22H19F17N2O. The third kappa shape index (κ3) is 5.24. The molecule has 242 valence electrons. The van der Waals surface area contributed by atoms with E-state index in [2.05, 4.69) is 5.32 Å². The minimum Gasteiger partial charge on any atom is -0.323 e. The molecule has 1 aromatic rings. The fourth-order valence-electron chi connectivity index (χ4n) is 4.01. The second kappa shape index (κ2) is 10.3. The lowest BCUT2D eigenvalue weighted by Crippen LogP contribution is -2.74. The number of benzene rings is 1. The number of halogens is 17. The van der Waals surface area contributed by atoms with E-state index in [0.29, 0.717) is 10.5 Å². The highest BCUT2D eigenvalue weighted by atomic mass is 19.4. The minimum atomic E-state index is -8.68. The molecule has 1 saturated heterocycles. The number of amides is 1. The van der Waals surface area contributed by atoms with Crippen molar-refractivity contribution in [3.05, 3.63) is 35.9 Å². The van der Waals surface area contributed by atoms with Crippen molar-refractivity contribution in [2.75, 3.05) is 6.54 Å². The fraction of sp³-hybridized carbons (Fsp3) is 0.682. The third-order valence-corrected chi connectivity index (χ3v) is 6.49. The Hall–Kier alpha value is -2.54. The molecule has 0 aromatic heterocycles. The van der Waals surface area contributed by atoms with Crippen LogP contribution >= 0.6 is 0 Å². The Bertz CT molecular complexity index is 1130. The van der Waals surface area contributed by atoms with E-state index in [9.17, 15) is 79.4 Å². The van der Waals surface area contributed by atoms with E-state index in [1.165, 1.54) is 12.1 Å². The van der Waals surface area contributed by atoms with Gasteiger partial charge in [0.1, 0.15) is 0 Å². The number of hydrogen-bond acceptors (Lipinski definition) is 2. The molecule has 1 fully saturated rings. The average Bonchev–Trinajstić information content (AvgIpc) is 3.03. The van der Waals surface area contributed by atoms with Gasteiger partial charge in [0.05, 0.1) is 11.7 Å². The molecule has 1 amide bonds. The van der Waals surface area contributed by atoms with E-state index in [1.54, 1.807) is 18.2 Å². The van der Waals surface area contributed by atoms with Crippen LogP contribution in [0.3, 0.4) is 0 Å². The maximum atomic E-state index is 14.3. The summed E-state index contributed by atoms with van der Waals surface area (Å²) in [5.41, 5.74) is -1.19. The molecule has 0 spiro atoms. The van der Waals surface area contributed by atoms with Crippen molar-refractivity contribution < 1.29 is 79.4 Å². The van der Waals surface area contributed by atoms with Gasteiger partial charge in [0, 0.05) is 13.0 Å². The minimum absolute atomic E-state index is 0.123. The van der Waals surface area contributed by atoms with E-state index in [4.69, 9.17) is 0 Å². The van der Waals surface area contributed by atoms with Crippen molar-refractivity contribution >= 4 is 5.91 Å². The van der Waals surface area contributed by atoms with Gasteiger partial charge in [0.15, 0.2) is 0 Å². The molecule has 1 aliphatic heterocycles. The average molecular weight is 650 g/mol. The van der Waals surface area contributed by atoms with Crippen LogP contribution in [-0.4, -0.2) is 76.7 Å². The van der Waals surface area contributed by atoms with Crippen LogP contribution in [0.1, 0.15) is 25.8 Å². The van der Waals surface area contributed by atoms with Crippen LogP contribution in [-0.2, 0) is 11.2 Å². The number of carbonyl (C=O) groups is 1. The molecule has 1 heterocycles. The Morgan fingerprint density at radius 1 is 0.667 bits per heavy atom. The van der Waals surface area contributed by atoms with Crippen molar-refractivity contribution in [2.24, 2.45) is 0 Å². The number of alkyl halides is 17. The Balaban J connectivity index is 2.37. The highest BCUT2D eigenvalue weighted by molar-refractivity contribution is 5.85. The molecule has 1 aromatic carbocycles. The van der Waals surface area contributed by atoms with Crippen LogP contribution < -0.4 is 5.32 Å². The summed E-state index contributed by atoms with van der Waals surface area (Å²) in [7, 11) is 0. The molecular weight excluding hydrogens is 631 g/mol. The normalized spacial score (nSPS) is 19.9. The van der Waals surface area contributed by atoms with Gasteiger partial charge < -0.3 is 4.90 Å². The Morgan fingerprint density at radius 3 is 1.50 bits per heavy atom. The number of nitrogens with one attached hydrogen (secondary N) is 1. The molecule has 0 unspecified atom stereocenters. The summed E-state index contributed by atoms with van der Waals surface area (Å²) in [4.78, 5) is 13.1. The van der Waals surface area contributed by atoms with Crippen molar-refractivity contribution in [3.63, 3.8) is 0 Å². The fourth-order valence-corrected chi connectivity index (χ4v) is 4.01. The third-order valence-electron chi connectivity index (χ3n) is 6.49. The van der Waals surface area contributed by atoms with Crippen LogP contribution in [0.4, 0.5) is 74.6 Å². The highest BCUT2D eigenvalue weighted by Gasteiger charge is 2.95. The monoisotopic (exact) mass is 650 g/mol. The van der Waals surface area contributed by atoms with Gasteiger partial charge in [0.2, 0.25) is 5.91 Å². The summed E-state index contributed by atoms with van der Waals surface area (Å²) in [5.74, 6) is -57.9. The predicted octanol–water partition coefficient (Wildman–Crippen LogP) is 7.17. The standard InChI is InChI=1S/C22H19F17N2O/c1-14(2)40-12(10-11-6-4-3-5-7-11)13(42)41(14)9-8-15(23,24)16(25,26)17(27,28)18(29,30)19(31,32)20(33,34)21(35,36)22(37,38)39/h3-7,12,40H,8-10H2,1-2H3/t12-/m0/s1. The van der Waals surface area contributed by atoms with Gasteiger partial charge in [-0.25, -0.2) is 0 Å². The summed E-state index contributed by atoms with van der Waals surface area (Å²) >= 11 is 0. The Labute approximate surface area is 225 Å². The molecule has 20 heteroatoms. The topological polar surface area (TPSA) is 32.3 Å². The first kappa shape index (κ1) is 35.7.